The molecule has 0 amide bonds. The molecule has 0 aromatic carbocycles. The number of aromatic nitrogens is 4. The first kappa shape index (κ1) is 15.4. The minimum absolute atomic E-state index is 0.159. The maximum absolute atomic E-state index is 5.59. The SMILES string of the molecule is CCCOc1nc(NCC)nc(Oc2cncc(Br)c2)n1. The highest BCUT2D eigenvalue weighted by atomic mass is 79.9. The number of halogens is 1. The highest BCUT2D eigenvalue weighted by Gasteiger charge is 2.09. The van der Waals surface area contributed by atoms with E-state index in [0.29, 0.717) is 24.8 Å². The van der Waals surface area contributed by atoms with E-state index in [1.165, 1.54) is 0 Å². The number of nitrogens with one attached hydrogen (secondary N) is 1. The Hall–Kier alpha value is -1.96. The summed E-state index contributed by atoms with van der Waals surface area (Å²) in [6, 6.07) is 2.17. The van der Waals surface area contributed by atoms with Crippen LogP contribution in [0.3, 0.4) is 0 Å². The molecule has 112 valence electrons. The summed E-state index contributed by atoms with van der Waals surface area (Å²) in [6.07, 6.45) is 4.11. The standard InChI is InChI=1S/C13H16BrN5O2/c1-3-5-20-12-17-11(16-4-2)18-13(19-12)21-10-6-9(14)7-15-8-10/h6-8H,3-5H2,1-2H3,(H,16,17,18,19). The molecule has 21 heavy (non-hydrogen) atoms. The number of hydrogen-bond donors (Lipinski definition) is 1. The number of anilines is 1. The average Bonchev–Trinajstić information content (AvgIpc) is 2.45. The molecule has 0 aliphatic carbocycles. The van der Waals surface area contributed by atoms with Gasteiger partial charge in [-0.1, -0.05) is 6.92 Å². The predicted octanol–water partition coefficient (Wildman–Crippen LogP) is 3.04. The lowest BCUT2D eigenvalue weighted by Gasteiger charge is -2.09. The van der Waals surface area contributed by atoms with Crippen LogP contribution in [0.5, 0.6) is 17.8 Å². The van der Waals surface area contributed by atoms with Gasteiger partial charge in [0.1, 0.15) is 0 Å². The van der Waals surface area contributed by atoms with Crippen molar-refractivity contribution in [1.82, 2.24) is 19.9 Å². The Morgan fingerprint density at radius 2 is 1.95 bits per heavy atom. The number of pyridine rings is 1. The van der Waals surface area contributed by atoms with Crippen LogP contribution in [0.2, 0.25) is 0 Å². The second kappa shape index (κ2) is 7.72. The molecule has 0 aliphatic rings. The Balaban J connectivity index is 2.22. The van der Waals surface area contributed by atoms with Gasteiger partial charge >= 0.3 is 12.0 Å². The zero-order chi connectivity index (χ0) is 15.1. The van der Waals surface area contributed by atoms with Crippen molar-refractivity contribution in [3.05, 3.63) is 22.9 Å². The lowest BCUT2D eigenvalue weighted by Crippen LogP contribution is -2.08. The molecule has 0 saturated carbocycles. The molecule has 0 radical (unpaired) electrons. The van der Waals surface area contributed by atoms with Crippen molar-refractivity contribution in [3.63, 3.8) is 0 Å². The third kappa shape index (κ3) is 4.82. The Morgan fingerprint density at radius 3 is 2.67 bits per heavy atom. The first-order valence-corrected chi connectivity index (χ1v) is 7.41. The molecule has 7 nitrogen and oxygen atoms in total. The van der Waals surface area contributed by atoms with Crippen molar-refractivity contribution in [3.8, 4) is 17.8 Å². The molecule has 2 aromatic rings. The van der Waals surface area contributed by atoms with Gasteiger partial charge in [-0.3, -0.25) is 4.98 Å². The Morgan fingerprint density at radius 1 is 1.14 bits per heavy atom. The van der Waals surface area contributed by atoms with Crippen molar-refractivity contribution in [1.29, 1.82) is 0 Å². The maximum Gasteiger partial charge on any atom is 0.330 e. The summed E-state index contributed by atoms with van der Waals surface area (Å²) in [5.74, 6) is 0.941. The van der Waals surface area contributed by atoms with Crippen LogP contribution in [0.25, 0.3) is 0 Å². The van der Waals surface area contributed by atoms with Crippen molar-refractivity contribution in [2.45, 2.75) is 20.3 Å². The van der Waals surface area contributed by atoms with Crippen molar-refractivity contribution >= 4 is 21.9 Å². The van der Waals surface area contributed by atoms with E-state index < -0.39 is 0 Å². The number of rotatable bonds is 7. The lowest BCUT2D eigenvalue weighted by atomic mass is 10.5. The van der Waals surface area contributed by atoms with Crippen LogP contribution in [0, 0.1) is 0 Å². The number of ether oxygens (including phenoxy) is 2. The van der Waals surface area contributed by atoms with E-state index in [1.807, 2.05) is 13.8 Å². The van der Waals surface area contributed by atoms with E-state index in [0.717, 1.165) is 10.9 Å². The molecule has 0 aliphatic heterocycles. The summed E-state index contributed by atoms with van der Waals surface area (Å²) < 4.78 is 11.8. The van der Waals surface area contributed by atoms with Gasteiger partial charge in [0.15, 0.2) is 5.75 Å². The molecule has 1 N–H and O–H groups in total. The second-order valence-electron chi connectivity index (χ2n) is 4.04. The zero-order valence-corrected chi connectivity index (χ0v) is 13.4. The molecular formula is C13H16BrN5O2. The van der Waals surface area contributed by atoms with Crippen molar-refractivity contribution in [2.75, 3.05) is 18.5 Å². The van der Waals surface area contributed by atoms with Crippen LogP contribution in [0.4, 0.5) is 5.95 Å². The second-order valence-corrected chi connectivity index (χ2v) is 4.96. The summed E-state index contributed by atoms with van der Waals surface area (Å²) in [5, 5.41) is 3.01. The largest absolute Gasteiger partial charge is 0.463 e. The van der Waals surface area contributed by atoms with Crippen LogP contribution < -0.4 is 14.8 Å². The van der Waals surface area contributed by atoms with Crippen LogP contribution in [0.1, 0.15) is 20.3 Å². The first-order chi connectivity index (χ1) is 10.2. The Labute approximate surface area is 131 Å². The Kier molecular flexibility index (Phi) is 5.68. The quantitative estimate of drug-likeness (QED) is 0.818. The molecule has 8 heteroatoms. The smallest absolute Gasteiger partial charge is 0.330 e. The van der Waals surface area contributed by atoms with Gasteiger partial charge in [0.2, 0.25) is 5.95 Å². The zero-order valence-electron chi connectivity index (χ0n) is 11.8. The van der Waals surface area contributed by atoms with E-state index in [-0.39, 0.29) is 12.0 Å². The average molecular weight is 354 g/mol. The third-order valence-electron chi connectivity index (χ3n) is 2.25. The summed E-state index contributed by atoms with van der Waals surface area (Å²) in [5.41, 5.74) is 0. The number of nitrogens with zero attached hydrogens (tertiary/aromatic N) is 4. The molecule has 0 fully saturated rings. The van der Waals surface area contributed by atoms with E-state index in [4.69, 9.17) is 9.47 Å². The third-order valence-corrected chi connectivity index (χ3v) is 2.69. The van der Waals surface area contributed by atoms with Gasteiger partial charge < -0.3 is 14.8 Å². The molecule has 2 heterocycles. The van der Waals surface area contributed by atoms with E-state index in [2.05, 4.69) is 41.2 Å². The molecule has 0 spiro atoms. The fourth-order valence-corrected chi connectivity index (χ4v) is 1.78. The lowest BCUT2D eigenvalue weighted by molar-refractivity contribution is 0.285. The van der Waals surface area contributed by atoms with Crippen LogP contribution in [0.15, 0.2) is 22.9 Å². The monoisotopic (exact) mass is 353 g/mol. The van der Waals surface area contributed by atoms with E-state index >= 15 is 0 Å². The summed E-state index contributed by atoms with van der Waals surface area (Å²) in [7, 11) is 0. The highest BCUT2D eigenvalue weighted by Crippen LogP contribution is 2.22. The van der Waals surface area contributed by atoms with E-state index in [9.17, 15) is 0 Å². The van der Waals surface area contributed by atoms with E-state index in [1.54, 1.807) is 18.5 Å². The fraction of sp³-hybridized carbons (Fsp3) is 0.385. The first-order valence-electron chi connectivity index (χ1n) is 6.62. The Bertz CT molecular complexity index is 597. The summed E-state index contributed by atoms with van der Waals surface area (Å²) in [6.45, 7) is 5.19. The normalized spacial score (nSPS) is 10.2. The fourth-order valence-electron chi connectivity index (χ4n) is 1.43. The highest BCUT2D eigenvalue weighted by molar-refractivity contribution is 9.10. The molecule has 0 bridgehead atoms. The molecular weight excluding hydrogens is 338 g/mol. The molecule has 2 rings (SSSR count). The topological polar surface area (TPSA) is 82.0 Å². The summed E-state index contributed by atoms with van der Waals surface area (Å²) in [4.78, 5) is 16.5. The minimum atomic E-state index is 0.159. The van der Waals surface area contributed by atoms with Gasteiger partial charge in [-0.2, -0.15) is 9.97 Å². The van der Waals surface area contributed by atoms with Gasteiger partial charge in [0.05, 0.1) is 12.8 Å². The van der Waals surface area contributed by atoms with Gasteiger partial charge in [0, 0.05) is 17.2 Å². The molecule has 2 aromatic heterocycles. The van der Waals surface area contributed by atoms with Gasteiger partial charge in [-0.15, -0.1) is 4.98 Å². The number of hydrogen-bond acceptors (Lipinski definition) is 7. The van der Waals surface area contributed by atoms with Crippen molar-refractivity contribution in [2.24, 2.45) is 0 Å². The van der Waals surface area contributed by atoms with Crippen LogP contribution in [-0.4, -0.2) is 33.1 Å². The predicted molar refractivity (Wildman–Crippen MR) is 81.8 cm³/mol. The van der Waals surface area contributed by atoms with Gasteiger partial charge in [-0.25, -0.2) is 0 Å². The summed E-state index contributed by atoms with van der Waals surface area (Å²) >= 11 is 3.33. The minimum Gasteiger partial charge on any atom is -0.463 e. The molecule has 0 unspecified atom stereocenters. The maximum atomic E-state index is 5.59. The van der Waals surface area contributed by atoms with Crippen molar-refractivity contribution < 1.29 is 9.47 Å². The molecule has 0 saturated heterocycles. The van der Waals surface area contributed by atoms with Crippen LogP contribution in [-0.2, 0) is 0 Å². The molecule has 0 atom stereocenters. The van der Waals surface area contributed by atoms with Gasteiger partial charge in [-0.05, 0) is 35.3 Å². The van der Waals surface area contributed by atoms with Gasteiger partial charge in [0.25, 0.3) is 0 Å². The van der Waals surface area contributed by atoms with Crippen LogP contribution >= 0.6 is 15.9 Å².